The van der Waals surface area contributed by atoms with Gasteiger partial charge in [0.15, 0.2) is 5.82 Å². The summed E-state index contributed by atoms with van der Waals surface area (Å²) in [7, 11) is 0. The van der Waals surface area contributed by atoms with Gasteiger partial charge < -0.3 is 20.1 Å². The van der Waals surface area contributed by atoms with Crippen LogP contribution in [0.15, 0.2) is 18.2 Å². The van der Waals surface area contributed by atoms with Gasteiger partial charge in [0.1, 0.15) is 11.5 Å². The van der Waals surface area contributed by atoms with Gasteiger partial charge in [-0.1, -0.05) is 18.9 Å². The molecular weight excluding hydrogens is 396 g/mol. The van der Waals surface area contributed by atoms with E-state index in [9.17, 15) is 0 Å². The van der Waals surface area contributed by atoms with Crippen LogP contribution in [-0.2, 0) is 0 Å². The summed E-state index contributed by atoms with van der Waals surface area (Å²) in [5.41, 5.74) is 3.42. The average Bonchev–Trinajstić information content (AvgIpc) is 3.27. The van der Waals surface area contributed by atoms with E-state index >= 15 is 0 Å². The van der Waals surface area contributed by atoms with E-state index in [1.54, 1.807) is 0 Å². The van der Waals surface area contributed by atoms with Crippen molar-refractivity contribution in [3.63, 3.8) is 0 Å². The summed E-state index contributed by atoms with van der Waals surface area (Å²) in [6.07, 6.45) is 10.9. The van der Waals surface area contributed by atoms with E-state index in [2.05, 4.69) is 45.2 Å². The average molecular weight is 435 g/mol. The lowest BCUT2D eigenvalue weighted by Crippen LogP contribution is -2.37. The predicted molar refractivity (Wildman–Crippen MR) is 129 cm³/mol. The van der Waals surface area contributed by atoms with E-state index in [-0.39, 0.29) is 0 Å². The summed E-state index contributed by atoms with van der Waals surface area (Å²) < 4.78 is 0. The zero-order valence-corrected chi connectivity index (χ0v) is 19.5. The number of hydrogen-bond acceptors (Lipinski definition) is 5. The third-order valence-electron chi connectivity index (χ3n) is 8.23. The molecule has 2 aromatic rings. The molecule has 6 rings (SSSR count). The Labute approximate surface area is 192 Å². The topological polar surface area (TPSA) is 60.1 Å². The summed E-state index contributed by atoms with van der Waals surface area (Å²) >= 11 is 0. The van der Waals surface area contributed by atoms with Gasteiger partial charge in [0.25, 0.3) is 0 Å². The Morgan fingerprint density at radius 2 is 1.88 bits per heavy atom. The van der Waals surface area contributed by atoms with Gasteiger partial charge in [0.05, 0.1) is 5.69 Å². The Balaban J connectivity index is 1.03. The predicted octanol–water partition coefficient (Wildman–Crippen LogP) is 4.09. The minimum Gasteiger partial charge on any atom is -0.355 e. The zero-order chi connectivity index (χ0) is 21.5. The lowest BCUT2D eigenvalue weighted by Gasteiger charge is -2.24. The van der Waals surface area contributed by atoms with E-state index in [0.717, 1.165) is 42.4 Å². The molecular formula is C26H38N6. The molecule has 4 heterocycles. The Hall–Kier alpha value is -1.92. The van der Waals surface area contributed by atoms with Gasteiger partial charge in [-0.05, 0) is 76.6 Å². The van der Waals surface area contributed by atoms with Crippen LogP contribution in [0.4, 0.5) is 5.82 Å². The summed E-state index contributed by atoms with van der Waals surface area (Å²) in [6.45, 7) is 8.08. The number of anilines is 1. The zero-order valence-electron chi connectivity index (χ0n) is 19.5. The largest absolute Gasteiger partial charge is 0.355 e. The highest BCUT2D eigenvalue weighted by atomic mass is 15.2. The van der Waals surface area contributed by atoms with Crippen molar-refractivity contribution in [1.82, 2.24) is 25.2 Å². The number of aromatic amines is 1. The van der Waals surface area contributed by atoms with Crippen LogP contribution >= 0.6 is 0 Å². The first-order chi connectivity index (χ1) is 15.7. The Morgan fingerprint density at radius 3 is 2.72 bits per heavy atom. The van der Waals surface area contributed by atoms with E-state index < -0.39 is 0 Å². The number of nitrogens with one attached hydrogen (secondary N) is 2. The van der Waals surface area contributed by atoms with Gasteiger partial charge in [-0.15, -0.1) is 0 Å². The van der Waals surface area contributed by atoms with E-state index in [1.807, 2.05) is 0 Å². The molecule has 2 N–H and O–H groups in total. The second kappa shape index (κ2) is 8.79. The number of pyridine rings is 1. The Bertz CT molecular complexity index is 928. The number of nitrogens with zero attached hydrogens (tertiary/aromatic N) is 4. The number of H-pyrrole nitrogens is 1. The Morgan fingerprint density at radius 1 is 1.00 bits per heavy atom. The molecule has 32 heavy (non-hydrogen) atoms. The van der Waals surface area contributed by atoms with Crippen LogP contribution in [0, 0.1) is 12.8 Å². The van der Waals surface area contributed by atoms with E-state index in [4.69, 9.17) is 9.97 Å². The molecule has 0 radical (unpaired) electrons. The molecule has 0 bridgehead atoms. The van der Waals surface area contributed by atoms with Gasteiger partial charge in [0.2, 0.25) is 0 Å². The lowest BCUT2D eigenvalue weighted by molar-refractivity contribution is 0.236. The maximum absolute atomic E-state index is 4.98. The molecule has 4 fully saturated rings. The second-order valence-corrected chi connectivity index (χ2v) is 10.7. The molecule has 0 aromatic carbocycles. The van der Waals surface area contributed by atoms with Crippen molar-refractivity contribution in [1.29, 1.82) is 0 Å². The van der Waals surface area contributed by atoms with Crippen LogP contribution in [0.2, 0.25) is 0 Å². The number of aromatic nitrogens is 3. The first-order valence-electron chi connectivity index (χ1n) is 13.0. The van der Waals surface area contributed by atoms with Gasteiger partial charge >= 0.3 is 0 Å². The van der Waals surface area contributed by atoms with Crippen LogP contribution in [0.5, 0.6) is 0 Å². The second-order valence-electron chi connectivity index (χ2n) is 10.7. The minimum atomic E-state index is 0.577. The van der Waals surface area contributed by atoms with Gasteiger partial charge in [-0.25, -0.2) is 9.97 Å². The number of rotatable bonds is 7. The number of likely N-dealkylation sites (tertiary alicyclic amines) is 1. The van der Waals surface area contributed by atoms with Crippen molar-refractivity contribution in [2.24, 2.45) is 5.92 Å². The number of aryl methyl sites for hydroxylation is 1. The third kappa shape index (κ3) is 4.32. The van der Waals surface area contributed by atoms with Gasteiger partial charge in [-0.2, -0.15) is 0 Å². The van der Waals surface area contributed by atoms with Crippen LogP contribution in [-0.4, -0.2) is 64.7 Å². The van der Waals surface area contributed by atoms with Crippen molar-refractivity contribution < 1.29 is 0 Å². The highest BCUT2D eigenvalue weighted by molar-refractivity contribution is 5.56. The van der Waals surface area contributed by atoms with E-state index in [1.165, 1.54) is 82.4 Å². The van der Waals surface area contributed by atoms with Crippen LogP contribution in [0.25, 0.3) is 11.5 Å². The standard InChI is InChI=1S/C26H38N6/c1-18-25(20-9-10-20)30-26(28-18)23-7-4-8-24(29-23)32-14-12-21(17-32)27-15-19-11-13-31(16-19)22-5-2-3-6-22/h4,7-8,19-22,27H,2-3,5-6,9-17H2,1H3,(H,28,30)/t19-,21-/m1/s1. The molecule has 0 unspecified atom stereocenters. The molecule has 2 aliphatic carbocycles. The first-order valence-corrected chi connectivity index (χ1v) is 13.0. The molecule has 0 amide bonds. The monoisotopic (exact) mass is 434 g/mol. The Kier molecular flexibility index (Phi) is 5.68. The van der Waals surface area contributed by atoms with Crippen molar-refractivity contribution in [2.75, 3.05) is 37.6 Å². The first kappa shape index (κ1) is 20.7. The summed E-state index contributed by atoms with van der Waals surface area (Å²) in [4.78, 5) is 18.6. The van der Waals surface area contributed by atoms with Crippen molar-refractivity contribution in [3.8, 4) is 11.5 Å². The van der Waals surface area contributed by atoms with Crippen LogP contribution in [0.3, 0.4) is 0 Å². The smallest absolute Gasteiger partial charge is 0.156 e. The summed E-state index contributed by atoms with van der Waals surface area (Å²) in [5.74, 6) is 3.50. The summed E-state index contributed by atoms with van der Waals surface area (Å²) in [5, 5.41) is 3.90. The summed E-state index contributed by atoms with van der Waals surface area (Å²) in [6, 6.07) is 7.83. The number of imidazole rings is 1. The SMILES string of the molecule is Cc1[nH]c(-c2cccc(N3CC[C@@H](NC[C@H]4CCN(C5CCCC5)C4)C3)n2)nc1C1CC1. The molecule has 172 valence electrons. The third-order valence-corrected chi connectivity index (χ3v) is 8.23. The molecule has 2 atom stereocenters. The fraction of sp³-hybridized carbons (Fsp3) is 0.692. The van der Waals surface area contributed by atoms with Crippen molar-refractivity contribution >= 4 is 5.82 Å². The maximum Gasteiger partial charge on any atom is 0.156 e. The van der Waals surface area contributed by atoms with Crippen LogP contribution in [0.1, 0.15) is 68.7 Å². The molecule has 6 heteroatoms. The van der Waals surface area contributed by atoms with Gasteiger partial charge in [0, 0.05) is 43.3 Å². The maximum atomic E-state index is 4.98. The van der Waals surface area contributed by atoms with Gasteiger partial charge in [-0.3, -0.25) is 0 Å². The van der Waals surface area contributed by atoms with E-state index in [0.29, 0.717) is 12.0 Å². The highest BCUT2D eigenvalue weighted by Crippen LogP contribution is 2.41. The van der Waals surface area contributed by atoms with Crippen LogP contribution < -0.4 is 10.2 Å². The fourth-order valence-electron chi connectivity index (χ4n) is 6.18. The molecule has 2 saturated heterocycles. The molecule has 2 aliphatic heterocycles. The lowest BCUT2D eigenvalue weighted by atomic mass is 10.1. The number of hydrogen-bond donors (Lipinski definition) is 2. The quantitative estimate of drug-likeness (QED) is 0.687. The molecule has 2 saturated carbocycles. The fourth-order valence-corrected chi connectivity index (χ4v) is 6.18. The minimum absolute atomic E-state index is 0.577. The molecule has 2 aromatic heterocycles. The van der Waals surface area contributed by atoms with Crippen molar-refractivity contribution in [3.05, 3.63) is 29.6 Å². The molecule has 0 spiro atoms. The molecule has 4 aliphatic rings. The normalized spacial score (nSPS) is 27.1. The highest BCUT2D eigenvalue weighted by Gasteiger charge is 2.31. The van der Waals surface area contributed by atoms with Crippen molar-refractivity contribution in [2.45, 2.75) is 76.3 Å². The molecule has 6 nitrogen and oxygen atoms in total.